The van der Waals surface area contributed by atoms with Crippen molar-refractivity contribution < 1.29 is 19.4 Å². The van der Waals surface area contributed by atoms with E-state index in [1.54, 1.807) is 36.0 Å². The lowest BCUT2D eigenvalue weighted by Gasteiger charge is -2.10. The first-order valence-corrected chi connectivity index (χ1v) is 7.07. The summed E-state index contributed by atoms with van der Waals surface area (Å²) in [6.45, 7) is 1.58. The van der Waals surface area contributed by atoms with Crippen LogP contribution < -0.4 is 10.1 Å². The molecule has 0 aromatic heterocycles. The fraction of sp³-hybridized carbons (Fsp3) is 0.385. The van der Waals surface area contributed by atoms with E-state index in [0.717, 1.165) is 0 Å². The van der Waals surface area contributed by atoms with Gasteiger partial charge in [-0.1, -0.05) is 13.0 Å². The summed E-state index contributed by atoms with van der Waals surface area (Å²) in [5.41, 5.74) is 0.598. The van der Waals surface area contributed by atoms with Crippen LogP contribution in [0.1, 0.15) is 13.3 Å². The van der Waals surface area contributed by atoms with Gasteiger partial charge in [0.2, 0.25) is 5.91 Å². The van der Waals surface area contributed by atoms with E-state index in [9.17, 15) is 9.59 Å². The van der Waals surface area contributed by atoms with Gasteiger partial charge >= 0.3 is 5.97 Å². The van der Waals surface area contributed by atoms with Gasteiger partial charge < -0.3 is 15.2 Å². The molecule has 0 aliphatic rings. The number of anilines is 1. The van der Waals surface area contributed by atoms with Gasteiger partial charge in [0.15, 0.2) is 6.61 Å². The number of hydrogen-bond donors (Lipinski definition) is 2. The van der Waals surface area contributed by atoms with Gasteiger partial charge in [0.1, 0.15) is 5.75 Å². The molecule has 2 N–H and O–H groups in total. The number of carbonyl (C=O) groups is 2. The van der Waals surface area contributed by atoms with Crippen molar-refractivity contribution in [3.05, 3.63) is 24.3 Å². The molecule has 0 aliphatic heterocycles. The maximum atomic E-state index is 11.7. The highest BCUT2D eigenvalue weighted by molar-refractivity contribution is 7.99. The van der Waals surface area contributed by atoms with Crippen molar-refractivity contribution in [1.29, 1.82) is 0 Å². The second kappa shape index (κ2) is 7.68. The van der Waals surface area contributed by atoms with Crippen LogP contribution in [0.15, 0.2) is 24.3 Å². The predicted octanol–water partition coefficient (Wildman–Crippen LogP) is 2.23. The molecule has 104 valence electrons. The zero-order valence-electron chi connectivity index (χ0n) is 10.9. The van der Waals surface area contributed by atoms with Gasteiger partial charge in [0, 0.05) is 23.4 Å². The van der Waals surface area contributed by atoms with Crippen LogP contribution in [0.2, 0.25) is 0 Å². The van der Waals surface area contributed by atoms with E-state index >= 15 is 0 Å². The molecule has 6 heteroatoms. The standard InChI is InChI=1S/C13H17NO4S/c1-9(19-2)6-12(15)14-10-4-3-5-11(7-10)18-8-13(16)17/h3-5,7,9H,6,8H2,1-2H3,(H,14,15)(H,16,17). The van der Waals surface area contributed by atoms with Gasteiger partial charge in [0.05, 0.1) is 0 Å². The number of aliphatic carboxylic acids is 1. The Labute approximate surface area is 116 Å². The van der Waals surface area contributed by atoms with Crippen LogP contribution in [0.3, 0.4) is 0 Å². The zero-order valence-corrected chi connectivity index (χ0v) is 11.7. The quantitative estimate of drug-likeness (QED) is 0.802. The van der Waals surface area contributed by atoms with Crippen molar-refractivity contribution in [1.82, 2.24) is 0 Å². The third-order valence-electron chi connectivity index (χ3n) is 2.36. The normalized spacial score (nSPS) is 11.7. The molecular formula is C13H17NO4S. The highest BCUT2D eigenvalue weighted by Crippen LogP contribution is 2.18. The molecule has 0 fully saturated rings. The molecule has 19 heavy (non-hydrogen) atoms. The van der Waals surface area contributed by atoms with Crippen LogP contribution >= 0.6 is 11.8 Å². The summed E-state index contributed by atoms with van der Waals surface area (Å²) in [4.78, 5) is 22.1. The molecular weight excluding hydrogens is 266 g/mol. The van der Waals surface area contributed by atoms with Crippen LogP contribution in [-0.2, 0) is 9.59 Å². The third kappa shape index (κ3) is 6.15. The first-order valence-electron chi connectivity index (χ1n) is 5.78. The highest BCUT2D eigenvalue weighted by atomic mass is 32.2. The number of nitrogens with one attached hydrogen (secondary N) is 1. The summed E-state index contributed by atoms with van der Waals surface area (Å²) in [6.07, 6.45) is 2.39. The number of hydrogen-bond acceptors (Lipinski definition) is 4. The smallest absolute Gasteiger partial charge is 0.341 e. The van der Waals surface area contributed by atoms with Gasteiger partial charge in [-0.25, -0.2) is 4.79 Å². The highest BCUT2D eigenvalue weighted by Gasteiger charge is 2.08. The number of carbonyl (C=O) groups excluding carboxylic acids is 1. The topological polar surface area (TPSA) is 75.6 Å². The number of amides is 1. The first-order chi connectivity index (χ1) is 9.01. The van der Waals surface area contributed by atoms with Crippen LogP contribution in [0.4, 0.5) is 5.69 Å². The largest absolute Gasteiger partial charge is 0.482 e. The molecule has 0 saturated carbocycles. The van der Waals surface area contributed by atoms with Crippen LogP contribution in [0.25, 0.3) is 0 Å². The van der Waals surface area contributed by atoms with E-state index in [0.29, 0.717) is 17.9 Å². The molecule has 5 nitrogen and oxygen atoms in total. The first kappa shape index (κ1) is 15.4. The Bertz CT molecular complexity index is 450. The third-order valence-corrected chi connectivity index (χ3v) is 3.33. The van der Waals surface area contributed by atoms with E-state index in [-0.39, 0.29) is 11.2 Å². The summed E-state index contributed by atoms with van der Waals surface area (Å²) < 4.78 is 5.04. The van der Waals surface area contributed by atoms with Crippen molar-refractivity contribution in [2.24, 2.45) is 0 Å². The van der Waals surface area contributed by atoms with E-state index in [4.69, 9.17) is 9.84 Å². The molecule has 0 bridgehead atoms. The van der Waals surface area contributed by atoms with Crippen LogP contribution in [-0.4, -0.2) is 35.1 Å². The Kier molecular flexibility index (Phi) is 6.21. The van der Waals surface area contributed by atoms with Gasteiger partial charge in [-0.2, -0.15) is 11.8 Å². The Morgan fingerprint density at radius 1 is 1.47 bits per heavy atom. The fourth-order valence-corrected chi connectivity index (χ4v) is 1.68. The fourth-order valence-electron chi connectivity index (χ4n) is 1.37. The van der Waals surface area contributed by atoms with Crippen molar-refractivity contribution in [3.63, 3.8) is 0 Å². The minimum atomic E-state index is -1.04. The molecule has 0 saturated heterocycles. The van der Waals surface area contributed by atoms with E-state index < -0.39 is 12.6 Å². The van der Waals surface area contributed by atoms with E-state index in [2.05, 4.69) is 5.32 Å². The van der Waals surface area contributed by atoms with Crippen LogP contribution in [0.5, 0.6) is 5.75 Å². The Balaban J connectivity index is 2.56. The zero-order chi connectivity index (χ0) is 14.3. The van der Waals surface area contributed by atoms with E-state index in [1.165, 1.54) is 0 Å². The Hall–Kier alpha value is -1.69. The minimum Gasteiger partial charge on any atom is -0.482 e. The molecule has 0 radical (unpaired) electrons. The van der Waals surface area contributed by atoms with Crippen molar-refractivity contribution >= 4 is 29.3 Å². The summed E-state index contributed by atoms with van der Waals surface area (Å²) in [5.74, 6) is -0.696. The molecule has 0 heterocycles. The Morgan fingerprint density at radius 3 is 2.84 bits per heavy atom. The average molecular weight is 283 g/mol. The number of thioether (sulfide) groups is 1. The molecule has 0 spiro atoms. The maximum Gasteiger partial charge on any atom is 0.341 e. The maximum absolute atomic E-state index is 11.7. The van der Waals surface area contributed by atoms with Gasteiger partial charge in [0.25, 0.3) is 0 Å². The number of benzene rings is 1. The minimum absolute atomic E-state index is 0.0720. The summed E-state index contributed by atoms with van der Waals surface area (Å²) >= 11 is 1.63. The van der Waals surface area contributed by atoms with Gasteiger partial charge in [-0.05, 0) is 18.4 Å². The number of rotatable bonds is 7. The molecule has 1 amide bonds. The lowest BCUT2D eigenvalue weighted by Crippen LogP contribution is -2.16. The van der Waals surface area contributed by atoms with Crippen molar-refractivity contribution in [3.8, 4) is 5.75 Å². The SMILES string of the molecule is CSC(C)CC(=O)Nc1cccc(OCC(=O)O)c1. The second-order valence-electron chi connectivity index (χ2n) is 4.01. The summed E-state index contributed by atoms with van der Waals surface area (Å²) in [6, 6.07) is 6.67. The lowest BCUT2D eigenvalue weighted by atomic mass is 10.2. The molecule has 1 atom stereocenters. The van der Waals surface area contributed by atoms with Crippen molar-refractivity contribution in [2.45, 2.75) is 18.6 Å². The summed E-state index contributed by atoms with van der Waals surface area (Å²) in [5, 5.41) is 11.5. The van der Waals surface area contributed by atoms with Gasteiger partial charge in [-0.3, -0.25) is 4.79 Å². The average Bonchev–Trinajstić information content (AvgIpc) is 2.36. The molecule has 0 aliphatic carbocycles. The number of carboxylic acid groups (broad SMARTS) is 1. The molecule has 1 unspecified atom stereocenters. The predicted molar refractivity (Wildman–Crippen MR) is 75.8 cm³/mol. The monoisotopic (exact) mass is 283 g/mol. The number of carboxylic acids is 1. The van der Waals surface area contributed by atoms with Gasteiger partial charge in [-0.15, -0.1) is 0 Å². The Morgan fingerprint density at radius 2 is 2.21 bits per heavy atom. The van der Waals surface area contributed by atoms with Crippen LogP contribution in [0, 0.1) is 0 Å². The molecule has 1 aromatic rings. The van der Waals surface area contributed by atoms with Crippen molar-refractivity contribution in [2.75, 3.05) is 18.2 Å². The summed E-state index contributed by atoms with van der Waals surface area (Å²) in [7, 11) is 0. The number of ether oxygens (including phenoxy) is 1. The second-order valence-corrected chi connectivity index (χ2v) is 5.29. The lowest BCUT2D eigenvalue weighted by molar-refractivity contribution is -0.139. The molecule has 1 aromatic carbocycles. The van der Waals surface area contributed by atoms with E-state index in [1.807, 2.05) is 13.2 Å². The molecule has 1 rings (SSSR count).